The lowest BCUT2D eigenvalue weighted by atomic mass is 10.1. The molecule has 7 heteroatoms. The Morgan fingerprint density at radius 2 is 1.96 bits per heavy atom. The van der Waals surface area contributed by atoms with Crippen molar-refractivity contribution in [3.05, 3.63) is 40.8 Å². The highest BCUT2D eigenvalue weighted by Gasteiger charge is 2.27. The van der Waals surface area contributed by atoms with Crippen LogP contribution in [0.3, 0.4) is 0 Å². The Morgan fingerprint density at radius 1 is 1.21 bits per heavy atom. The van der Waals surface area contributed by atoms with Crippen LogP contribution in [-0.4, -0.2) is 31.9 Å². The van der Waals surface area contributed by atoms with E-state index in [0.717, 1.165) is 21.8 Å². The molecule has 1 N–H and O–H groups in total. The summed E-state index contributed by atoms with van der Waals surface area (Å²) in [5.41, 5.74) is 2.04. The third-order valence-corrected chi connectivity index (χ3v) is 7.36. The molecule has 4 rings (SSSR count). The highest BCUT2D eigenvalue weighted by molar-refractivity contribution is 7.91. The predicted molar refractivity (Wildman–Crippen MR) is 93.2 cm³/mol. The minimum atomic E-state index is -2.92. The van der Waals surface area contributed by atoms with Crippen LogP contribution >= 0.6 is 11.3 Å². The van der Waals surface area contributed by atoms with Gasteiger partial charge >= 0.3 is 0 Å². The van der Waals surface area contributed by atoms with E-state index in [1.54, 1.807) is 0 Å². The average Bonchev–Trinajstić information content (AvgIpc) is 3.01. The van der Waals surface area contributed by atoms with Gasteiger partial charge in [0.05, 0.1) is 16.4 Å². The number of carbonyl (C=O) groups is 1. The van der Waals surface area contributed by atoms with Crippen LogP contribution in [0.25, 0.3) is 10.4 Å². The summed E-state index contributed by atoms with van der Waals surface area (Å²) < 4.78 is 28.7. The number of carbonyl (C=O) groups excluding carboxylic acids is 1. The number of hydrogen-bond acceptors (Lipinski definition) is 5. The molecule has 0 atom stereocenters. The van der Waals surface area contributed by atoms with Gasteiger partial charge in [0.15, 0.2) is 0 Å². The molecule has 2 aliphatic rings. The third kappa shape index (κ3) is 2.93. The van der Waals surface area contributed by atoms with Gasteiger partial charge in [-0.05, 0) is 31.0 Å². The second-order valence-corrected chi connectivity index (χ2v) is 9.51. The summed E-state index contributed by atoms with van der Waals surface area (Å²) in [5, 5.41) is 2.97. The summed E-state index contributed by atoms with van der Waals surface area (Å²) in [7, 11) is -2.92. The van der Waals surface area contributed by atoms with Crippen molar-refractivity contribution in [3.8, 4) is 16.2 Å². The lowest BCUT2D eigenvalue weighted by molar-refractivity contribution is 0.0938. The van der Waals surface area contributed by atoms with Crippen LogP contribution in [0.15, 0.2) is 30.3 Å². The standard InChI is InChI=1S/C17H17NO4S2/c19-17(18-12-5-7-24(20,21)8-6-12)15-9-11-10-22-14-4-2-1-3-13(14)16(11)23-15/h1-4,9,12H,5-8,10H2,(H,18,19). The van der Waals surface area contributed by atoms with Crippen molar-refractivity contribution in [1.82, 2.24) is 5.32 Å². The molecule has 3 heterocycles. The monoisotopic (exact) mass is 363 g/mol. The van der Waals surface area contributed by atoms with Gasteiger partial charge in [0.1, 0.15) is 22.2 Å². The summed E-state index contributed by atoms with van der Waals surface area (Å²) in [6, 6.07) is 9.63. The molecule has 2 aromatic rings. The molecule has 126 valence electrons. The molecule has 1 aromatic carbocycles. The Morgan fingerprint density at radius 3 is 2.75 bits per heavy atom. The summed E-state index contributed by atoms with van der Waals surface area (Å²) in [4.78, 5) is 14.2. The molecule has 2 aliphatic heterocycles. The summed E-state index contributed by atoms with van der Waals surface area (Å²) in [5.74, 6) is 1.02. The number of sulfone groups is 1. The zero-order valence-electron chi connectivity index (χ0n) is 12.9. The third-order valence-electron chi connectivity index (χ3n) is 4.44. The van der Waals surface area contributed by atoms with Gasteiger partial charge in [0.2, 0.25) is 0 Å². The van der Waals surface area contributed by atoms with Gasteiger partial charge in [-0.1, -0.05) is 12.1 Å². The van der Waals surface area contributed by atoms with Gasteiger partial charge < -0.3 is 10.1 Å². The van der Waals surface area contributed by atoms with Crippen LogP contribution in [-0.2, 0) is 16.4 Å². The first-order valence-electron chi connectivity index (χ1n) is 7.88. The first kappa shape index (κ1) is 15.7. The summed E-state index contributed by atoms with van der Waals surface area (Å²) >= 11 is 1.46. The first-order chi connectivity index (χ1) is 11.5. The van der Waals surface area contributed by atoms with Crippen molar-refractivity contribution >= 4 is 27.1 Å². The SMILES string of the molecule is O=C(NC1CCS(=O)(=O)CC1)c1cc2c(s1)-c1ccccc1OC2. The van der Waals surface area contributed by atoms with Gasteiger partial charge in [-0.15, -0.1) is 11.3 Å². The van der Waals surface area contributed by atoms with Crippen molar-refractivity contribution in [3.63, 3.8) is 0 Å². The Balaban J connectivity index is 1.52. The number of thiophene rings is 1. The highest BCUT2D eigenvalue weighted by Crippen LogP contribution is 2.42. The first-order valence-corrected chi connectivity index (χ1v) is 10.5. The largest absolute Gasteiger partial charge is 0.488 e. The molecular weight excluding hydrogens is 346 g/mol. The number of nitrogens with one attached hydrogen (secondary N) is 1. The van der Waals surface area contributed by atoms with Crippen molar-refractivity contribution in [2.24, 2.45) is 0 Å². The molecule has 1 aromatic heterocycles. The topological polar surface area (TPSA) is 72.5 Å². The molecule has 0 radical (unpaired) electrons. The molecule has 0 bridgehead atoms. The van der Waals surface area contributed by atoms with Crippen molar-refractivity contribution < 1.29 is 17.9 Å². The summed E-state index contributed by atoms with van der Waals surface area (Å²) in [6.45, 7) is 0.470. The van der Waals surface area contributed by atoms with E-state index < -0.39 is 9.84 Å². The minimum Gasteiger partial charge on any atom is -0.488 e. The molecule has 1 amide bonds. The van der Waals surface area contributed by atoms with Gasteiger partial charge in [0, 0.05) is 22.0 Å². The second kappa shape index (κ2) is 5.89. The van der Waals surface area contributed by atoms with E-state index in [2.05, 4.69) is 5.32 Å². The van der Waals surface area contributed by atoms with Crippen LogP contribution in [0.1, 0.15) is 28.1 Å². The zero-order valence-corrected chi connectivity index (χ0v) is 14.6. The van der Waals surface area contributed by atoms with E-state index in [1.165, 1.54) is 11.3 Å². The number of hydrogen-bond donors (Lipinski definition) is 1. The van der Waals surface area contributed by atoms with Crippen molar-refractivity contribution in [2.45, 2.75) is 25.5 Å². The number of para-hydroxylation sites is 1. The molecule has 0 aliphatic carbocycles. The fraction of sp³-hybridized carbons (Fsp3) is 0.353. The normalized spacial score (nSPS) is 19.0. The Labute approximate surface area is 144 Å². The predicted octanol–water partition coefficient (Wildman–Crippen LogP) is 2.61. The highest BCUT2D eigenvalue weighted by atomic mass is 32.2. The van der Waals surface area contributed by atoms with Crippen LogP contribution in [0.4, 0.5) is 0 Å². The number of amides is 1. The van der Waals surface area contributed by atoms with Crippen LogP contribution in [0.2, 0.25) is 0 Å². The smallest absolute Gasteiger partial charge is 0.261 e. The molecule has 5 nitrogen and oxygen atoms in total. The van der Waals surface area contributed by atoms with E-state index in [4.69, 9.17) is 4.74 Å². The van der Waals surface area contributed by atoms with E-state index in [-0.39, 0.29) is 23.5 Å². The molecule has 1 saturated heterocycles. The number of fused-ring (bicyclic) bond motifs is 3. The minimum absolute atomic E-state index is 0.0660. The van der Waals surface area contributed by atoms with Gasteiger partial charge in [-0.2, -0.15) is 0 Å². The van der Waals surface area contributed by atoms with Crippen molar-refractivity contribution in [1.29, 1.82) is 0 Å². The van der Waals surface area contributed by atoms with E-state index in [1.807, 2.05) is 30.3 Å². The number of ether oxygens (including phenoxy) is 1. The second-order valence-electron chi connectivity index (χ2n) is 6.15. The molecule has 0 spiro atoms. The molecular formula is C17H17NO4S2. The van der Waals surface area contributed by atoms with E-state index in [9.17, 15) is 13.2 Å². The molecule has 0 unspecified atom stereocenters. The quantitative estimate of drug-likeness (QED) is 0.890. The molecule has 1 fully saturated rings. The maximum atomic E-state index is 12.5. The fourth-order valence-corrected chi connectivity index (χ4v) is 5.69. The van der Waals surface area contributed by atoms with Gasteiger partial charge in [-0.25, -0.2) is 8.42 Å². The Bertz CT molecular complexity index is 887. The fourth-order valence-electron chi connectivity index (χ4n) is 3.10. The average molecular weight is 363 g/mol. The Hall–Kier alpha value is -1.86. The zero-order chi connectivity index (χ0) is 16.7. The molecule has 0 saturated carbocycles. The van der Waals surface area contributed by atoms with Crippen molar-refractivity contribution in [2.75, 3.05) is 11.5 Å². The lowest BCUT2D eigenvalue weighted by Crippen LogP contribution is -2.40. The molecule has 24 heavy (non-hydrogen) atoms. The van der Waals surface area contributed by atoms with Crippen LogP contribution in [0, 0.1) is 0 Å². The number of rotatable bonds is 2. The Kier molecular flexibility index (Phi) is 3.85. The maximum Gasteiger partial charge on any atom is 0.261 e. The van der Waals surface area contributed by atoms with Gasteiger partial charge in [-0.3, -0.25) is 4.79 Å². The van der Waals surface area contributed by atoms with Crippen LogP contribution in [0.5, 0.6) is 5.75 Å². The van der Waals surface area contributed by atoms with Gasteiger partial charge in [0.25, 0.3) is 5.91 Å². The van der Waals surface area contributed by atoms with E-state index in [0.29, 0.717) is 24.3 Å². The van der Waals surface area contributed by atoms with Crippen LogP contribution < -0.4 is 10.1 Å². The maximum absolute atomic E-state index is 12.5. The summed E-state index contributed by atoms with van der Waals surface area (Å²) in [6.07, 6.45) is 0.982. The number of benzene rings is 1. The lowest BCUT2D eigenvalue weighted by Gasteiger charge is -2.22. The van der Waals surface area contributed by atoms with E-state index >= 15 is 0 Å².